The zero-order chi connectivity index (χ0) is 24.6. The standard InChI is InChI=1S/C27H32NOP.2ClH.Ti/c1-26(2,3)20-16-22(27(4,5)6)25(29)24(17-20)30-23-15-11-10-12-19(23)18-28-21-13-8-7-9-14-21;;;/h7-18,29-30H,1-6H3;2*1H;/q;;;+2/p-2. The molecule has 0 spiro atoms. The summed E-state index contributed by atoms with van der Waals surface area (Å²) in [6.45, 7) is 13.1. The van der Waals surface area contributed by atoms with Crippen molar-refractivity contribution >= 4 is 49.7 Å². The Morgan fingerprint density at radius 3 is 1.97 bits per heavy atom. The van der Waals surface area contributed by atoms with Crippen molar-refractivity contribution in [1.29, 1.82) is 0 Å². The summed E-state index contributed by atoms with van der Waals surface area (Å²) in [4.78, 5) is 4.63. The third kappa shape index (κ3) is 8.54. The summed E-state index contributed by atoms with van der Waals surface area (Å²) in [5.74, 6) is 0.420. The molecule has 3 aromatic carbocycles. The van der Waals surface area contributed by atoms with E-state index >= 15 is 0 Å². The fraction of sp³-hybridized carbons (Fsp3) is 0.296. The van der Waals surface area contributed by atoms with E-state index in [1.165, 1.54) is 10.9 Å². The molecule has 3 rings (SSSR count). The molecular weight excluding hydrogens is 504 g/mol. The average Bonchev–Trinajstić information content (AvgIpc) is 2.74. The maximum absolute atomic E-state index is 11.1. The molecule has 1 N–H and O–H groups in total. The van der Waals surface area contributed by atoms with Crippen LogP contribution >= 0.6 is 27.2 Å². The monoisotopic (exact) mass is 535 g/mol. The Hall–Kier alpha value is -1.15. The summed E-state index contributed by atoms with van der Waals surface area (Å²) in [6, 6.07) is 22.6. The summed E-state index contributed by atoms with van der Waals surface area (Å²) in [6.07, 6.45) is 1.92. The molecule has 33 heavy (non-hydrogen) atoms. The summed E-state index contributed by atoms with van der Waals surface area (Å²) >= 11 is -0.556. The van der Waals surface area contributed by atoms with Crippen molar-refractivity contribution in [2.24, 2.45) is 4.99 Å². The van der Waals surface area contributed by atoms with Gasteiger partial charge in [0.1, 0.15) is 5.75 Å². The van der Waals surface area contributed by atoms with E-state index < -0.39 is 17.0 Å². The number of phenolic OH excluding ortho intramolecular Hbond substituents is 1. The van der Waals surface area contributed by atoms with Gasteiger partial charge in [0.15, 0.2) is 0 Å². The first-order chi connectivity index (χ1) is 15.5. The van der Waals surface area contributed by atoms with Crippen LogP contribution in [0, 0.1) is 0 Å². The number of rotatable bonds is 4. The van der Waals surface area contributed by atoms with Crippen molar-refractivity contribution in [2.75, 3.05) is 0 Å². The molecular formula is C27H32Cl2NOPTi. The fourth-order valence-electron chi connectivity index (χ4n) is 3.26. The number of phenols is 1. The van der Waals surface area contributed by atoms with Crippen LogP contribution in [0.2, 0.25) is 0 Å². The minimum atomic E-state index is -0.556. The number of aliphatic imine (C=N–C) groups is 1. The van der Waals surface area contributed by atoms with Crippen molar-refractivity contribution in [3.05, 3.63) is 83.4 Å². The molecule has 1 unspecified atom stereocenters. The van der Waals surface area contributed by atoms with Crippen LogP contribution < -0.4 is 10.6 Å². The molecule has 0 aliphatic heterocycles. The summed E-state index contributed by atoms with van der Waals surface area (Å²) in [7, 11) is 10.1. The van der Waals surface area contributed by atoms with E-state index in [4.69, 9.17) is 18.6 Å². The van der Waals surface area contributed by atoms with Crippen LogP contribution in [-0.2, 0) is 27.9 Å². The second-order valence-corrected chi connectivity index (χ2v) is 13.7. The zero-order valence-electron chi connectivity index (χ0n) is 20.1. The molecule has 174 valence electrons. The molecule has 0 aliphatic rings. The molecule has 0 saturated carbocycles. The van der Waals surface area contributed by atoms with E-state index in [1.807, 2.05) is 42.6 Å². The predicted octanol–water partition coefficient (Wildman–Crippen LogP) is 7.74. The van der Waals surface area contributed by atoms with Crippen molar-refractivity contribution in [3.63, 3.8) is 0 Å². The second-order valence-electron chi connectivity index (χ2n) is 9.80. The van der Waals surface area contributed by atoms with Gasteiger partial charge in [-0.15, -0.1) is 0 Å². The van der Waals surface area contributed by atoms with E-state index in [0.29, 0.717) is 14.3 Å². The Bertz CT molecular complexity index is 1070. The normalized spacial score (nSPS) is 12.1. The molecule has 2 nitrogen and oxygen atoms in total. The number of benzene rings is 3. The van der Waals surface area contributed by atoms with Crippen LogP contribution in [0.4, 0.5) is 5.69 Å². The van der Waals surface area contributed by atoms with Crippen LogP contribution in [0.15, 0.2) is 71.7 Å². The number of nitrogens with zero attached hydrogens (tertiary/aromatic N) is 1. The number of hydrogen-bond acceptors (Lipinski definition) is 2. The number of halogens is 2. The van der Waals surface area contributed by atoms with E-state index in [1.54, 1.807) is 0 Å². The first kappa shape index (κ1) is 28.1. The molecule has 3 aromatic rings. The van der Waals surface area contributed by atoms with Crippen molar-refractivity contribution in [2.45, 2.75) is 52.4 Å². The molecule has 0 aliphatic carbocycles. The molecule has 0 amide bonds. The van der Waals surface area contributed by atoms with E-state index in [-0.39, 0.29) is 10.8 Å². The Balaban J connectivity index is 0.00000122. The van der Waals surface area contributed by atoms with Gasteiger partial charge in [0.25, 0.3) is 0 Å². The Morgan fingerprint density at radius 2 is 1.39 bits per heavy atom. The average molecular weight is 536 g/mol. The van der Waals surface area contributed by atoms with Crippen molar-refractivity contribution < 1.29 is 22.1 Å². The van der Waals surface area contributed by atoms with Gasteiger partial charge in [-0.1, -0.05) is 98.7 Å². The molecule has 0 fully saturated rings. The Kier molecular flexibility index (Phi) is 10.7. The Morgan fingerprint density at radius 1 is 0.818 bits per heavy atom. The topological polar surface area (TPSA) is 32.6 Å². The van der Waals surface area contributed by atoms with E-state index in [9.17, 15) is 5.11 Å². The molecule has 6 heteroatoms. The van der Waals surface area contributed by atoms with Crippen LogP contribution in [0.3, 0.4) is 0 Å². The van der Waals surface area contributed by atoms with E-state index in [0.717, 1.165) is 22.1 Å². The molecule has 0 aromatic heterocycles. The summed E-state index contributed by atoms with van der Waals surface area (Å²) in [5.41, 5.74) is 4.16. The van der Waals surface area contributed by atoms with Gasteiger partial charge in [-0.05, 0) is 39.9 Å². The van der Waals surface area contributed by atoms with Gasteiger partial charge in [-0.3, -0.25) is 4.99 Å². The second kappa shape index (κ2) is 12.5. The molecule has 0 radical (unpaired) electrons. The Labute approximate surface area is 217 Å². The third-order valence-corrected chi connectivity index (χ3v) is 6.50. The van der Waals surface area contributed by atoms with Gasteiger partial charge in [0, 0.05) is 22.6 Å². The first-order valence-corrected chi connectivity index (χ1v) is 16.1. The number of aromatic hydroxyl groups is 1. The van der Waals surface area contributed by atoms with Gasteiger partial charge in [0.2, 0.25) is 0 Å². The summed E-state index contributed by atoms with van der Waals surface area (Å²) < 4.78 is 0. The van der Waals surface area contributed by atoms with Crippen LogP contribution in [0.25, 0.3) is 0 Å². The van der Waals surface area contributed by atoms with E-state index in [2.05, 4.69) is 76.9 Å². The fourth-order valence-corrected chi connectivity index (χ4v) is 4.50. The van der Waals surface area contributed by atoms with Gasteiger partial charge in [0.05, 0.1) is 5.69 Å². The number of hydrogen-bond donors (Lipinski definition) is 1. The molecule has 0 heterocycles. The molecule has 0 saturated heterocycles. The predicted molar refractivity (Wildman–Crippen MR) is 145 cm³/mol. The van der Waals surface area contributed by atoms with Gasteiger partial charge in [-0.25, -0.2) is 0 Å². The van der Waals surface area contributed by atoms with Crippen LogP contribution in [0.1, 0.15) is 58.2 Å². The quantitative estimate of drug-likeness (QED) is 0.207. The first-order valence-electron chi connectivity index (χ1n) is 10.8. The van der Waals surface area contributed by atoms with Gasteiger partial charge >= 0.3 is 35.6 Å². The van der Waals surface area contributed by atoms with Gasteiger partial charge in [-0.2, -0.15) is 0 Å². The molecule has 0 bridgehead atoms. The minimum absolute atomic E-state index is 0.0151. The SMILES string of the molecule is CC(C)(C)c1cc(Pc2ccccc2C=Nc2ccccc2)c(O)c(C(C)(C)C)c1.[Cl][Ti][Cl]. The maximum atomic E-state index is 11.1. The van der Waals surface area contributed by atoms with Crippen molar-refractivity contribution in [3.8, 4) is 5.75 Å². The summed E-state index contributed by atoms with van der Waals surface area (Å²) in [5, 5.41) is 13.3. The van der Waals surface area contributed by atoms with Crippen LogP contribution in [0.5, 0.6) is 5.75 Å². The molecule has 1 atom stereocenters. The van der Waals surface area contributed by atoms with Crippen molar-refractivity contribution in [1.82, 2.24) is 0 Å². The zero-order valence-corrected chi connectivity index (χ0v) is 24.2. The van der Waals surface area contributed by atoms with Crippen LogP contribution in [-0.4, -0.2) is 11.3 Å². The third-order valence-electron chi connectivity index (χ3n) is 5.12. The van der Waals surface area contributed by atoms with Gasteiger partial charge < -0.3 is 5.11 Å². The number of para-hydroxylation sites is 1.